The van der Waals surface area contributed by atoms with Crippen molar-refractivity contribution in [1.29, 1.82) is 0 Å². The monoisotopic (exact) mass is 248 g/mol. The number of hydrogen-bond donors (Lipinski definition) is 1. The van der Waals surface area contributed by atoms with Crippen molar-refractivity contribution in [2.45, 2.75) is 13.5 Å². The summed E-state index contributed by atoms with van der Waals surface area (Å²) in [5.41, 5.74) is 6.18. The van der Waals surface area contributed by atoms with Crippen molar-refractivity contribution in [1.82, 2.24) is 4.98 Å². The largest absolute Gasteiger partial charge is 0.325 e. The van der Waals surface area contributed by atoms with Crippen LogP contribution in [0, 0.1) is 6.92 Å². The normalized spacial score (nSPS) is 10.2. The average Bonchev–Trinajstić information content (AvgIpc) is 2.45. The maximum Gasteiger partial charge on any atom is 0.185 e. The molecular formula is C7H9BrN2OS. The van der Waals surface area contributed by atoms with Gasteiger partial charge in [0.2, 0.25) is 0 Å². The third kappa shape index (κ3) is 1.91. The molecule has 12 heavy (non-hydrogen) atoms. The van der Waals surface area contributed by atoms with Gasteiger partial charge in [0.05, 0.1) is 15.9 Å². The lowest BCUT2D eigenvalue weighted by molar-refractivity contribution is 0.102. The minimum Gasteiger partial charge on any atom is -0.325 e. The number of aryl methyl sites for hydroxylation is 1. The third-order valence-corrected chi connectivity index (χ3v) is 3.12. The van der Waals surface area contributed by atoms with Gasteiger partial charge in [-0.3, -0.25) is 4.79 Å². The highest BCUT2D eigenvalue weighted by Crippen LogP contribution is 2.18. The van der Waals surface area contributed by atoms with E-state index in [0.29, 0.717) is 16.8 Å². The molecule has 0 amide bonds. The fraction of sp³-hybridized carbons (Fsp3) is 0.429. The molecule has 1 aromatic rings. The molecule has 1 rings (SSSR count). The van der Waals surface area contributed by atoms with Gasteiger partial charge >= 0.3 is 0 Å². The van der Waals surface area contributed by atoms with Crippen molar-refractivity contribution in [3.8, 4) is 0 Å². The second-order valence-corrected chi connectivity index (χ2v) is 3.93. The highest BCUT2D eigenvalue weighted by Gasteiger charge is 2.12. The van der Waals surface area contributed by atoms with Crippen LogP contribution in [0.25, 0.3) is 0 Å². The number of Topliss-reactive ketones (excluding diaryl/α,β-unsaturated/α-hetero) is 1. The van der Waals surface area contributed by atoms with Gasteiger partial charge in [0, 0.05) is 6.54 Å². The number of carbonyl (C=O) groups is 1. The first-order chi connectivity index (χ1) is 5.69. The number of carbonyl (C=O) groups excluding carboxylic acids is 1. The van der Waals surface area contributed by atoms with Gasteiger partial charge in [-0.2, -0.15) is 0 Å². The standard InChI is InChI=1S/C7H9BrN2OS/c1-4-7(5(11)2-8)12-6(3-9)10-4/h2-3,9H2,1H3. The molecule has 0 bridgehead atoms. The van der Waals surface area contributed by atoms with Gasteiger partial charge in [-0.1, -0.05) is 15.9 Å². The van der Waals surface area contributed by atoms with E-state index in [9.17, 15) is 4.79 Å². The fourth-order valence-corrected chi connectivity index (χ4v) is 2.21. The van der Waals surface area contributed by atoms with Gasteiger partial charge in [-0.15, -0.1) is 11.3 Å². The van der Waals surface area contributed by atoms with E-state index >= 15 is 0 Å². The summed E-state index contributed by atoms with van der Waals surface area (Å²) in [6, 6.07) is 0. The Morgan fingerprint density at radius 2 is 2.42 bits per heavy atom. The Morgan fingerprint density at radius 1 is 1.75 bits per heavy atom. The van der Waals surface area contributed by atoms with Crippen molar-refractivity contribution in [2.24, 2.45) is 5.73 Å². The number of halogens is 1. The summed E-state index contributed by atoms with van der Waals surface area (Å²) in [7, 11) is 0. The third-order valence-electron chi connectivity index (χ3n) is 1.39. The van der Waals surface area contributed by atoms with Crippen LogP contribution >= 0.6 is 27.3 Å². The van der Waals surface area contributed by atoms with Gasteiger partial charge < -0.3 is 5.73 Å². The van der Waals surface area contributed by atoms with E-state index < -0.39 is 0 Å². The van der Waals surface area contributed by atoms with Gasteiger partial charge in [0.25, 0.3) is 0 Å². The van der Waals surface area contributed by atoms with Crippen molar-refractivity contribution >= 4 is 33.0 Å². The van der Waals surface area contributed by atoms with E-state index in [1.165, 1.54) is 11.3 Å². The van der Waals surface area contributed by atoms with Gasteiger partial charge in [0.1, 0.15) is 5.01 Å². The maximum absolute atomic E-state index is 11.2. The van der Waals surface area contributed by atoms with Gasteiger partial charge in [-0.25, -0.2) is 4.98 Å². The molecular weight excluding hydrogens is 240 g/mol. The Kier molecular flexibility index (Phi) is 3.37. The smallest absolute Gasteiger partial charge is 0.185 e. The Morgan fingerprint density at radius 3 is 2.83 bits per heavy atom. The first-order valence-electron chi connectivity index (χ1n) is 3.44. The highest BCUT2D eigenvalue weighted by molar-refractivity contribution is 9.09. The highest BCUT2D eigenvalue weighted by atomic mass is 79.9. The number of rotatable bonds is 3. The topological polar surface area (TPSA) is 56.0 Å². The zero-order valence-electron chi connectivity index (χ0n) is 6.63. The average molecular weight is 249 g/mol. The summed E-state index contributed by atoms with van der Waals surface area (Å²) in [6.45, 7) is 2.23. The predicted octanol–water partition coefficient (Wildman–Crippen LogP) is 1.49. The molecule has 0 aliphatic rings. The Bertz CT molecular complexity index is 298. The first kappa shape index (κ1) is 9.83. The maximum atomic E-state index is 11.2. The molecule has 0 fully saturated rings. The van der Waals surface area contributed by atoms with Crippen LogP contribution in [0.15, 0.2) is 0 Å². The molecule has 66 valence electrons. The zero-order chi connectivity index (χ0) is 9.14. The lowest BCUT2D eigenvalue weighted by atomic mass is 10.3. The van der Waals surface area contributed by atoms with Crippen LogP contribution in [-0.2, 0) is 6.54 Å². The first-order valence-corrected chi connectivity index (χ1v) is 5.38. The lowest BCUT2D eigenvalue weighted by Crippen LogP contribution is -1.98. The minimum absolute atomic E-state index is 0.0738. The molecule has 0 aliphatic carbocycles. The van der Waals surface area contributed by atoms with Crippen LogP contribution in [0.1, 0.15) is 20.4 Å². The van der Waals surface area contributed by atoms with Crippen molar-refractivity contribution in [3.63, 3.8) is 0 Å². The Hall–Kier alpha value is -0.260. The van der Waals surface area contributed by atoms with E-state index in [1.807, 2.05) is 6.92 Å². The second kappa shape index (κ2) is 4.11. The zero-order valence-corrected chi connectivity index (χ0v) is 9.04. The van der Waals surface area contributed by atoms with Crippen LogP contribution in [0.5, 0.6) is 0 Å². The van der Waals surface area contributed by atoms with Gasteiger partial charge in [0.15, 0.2) is 5.78 Å². The van der Waals surface area contributed by atoms with Crippen LogP contribution in [0.2, 0.25) is 0 Å². The minimum atomic E-state index is 0.0738. The lowest BCUT2D eigenvalue weighted by Gasteiger charge is -1.89. The number of thiazole rings is 1. The molecule has 5 heteroatoms. The molecule has 0 saturated carbocycles. The molecule has 0 atom stereocenters. The molecule has 0 aromatic carbocycles. The van der Waals surface area contributed by atoms with Crippen LogP contribution in [-0.4, -0.2) is 16.1 Å². The number of nitrogens with zero attached hydrogens (tertiary/aromatic N) is 1. The number of ketones is 1. The fourth-order valence-electron chi connectivity index (χ4n) is 0.859. The summed E-state index contributed by atoms with van der Waals surface area (Å²) in [5.74, 6) is 0.0738. The SMILES string of the molecule is Cc1nc(CN)sc1C(=O)CBr. The van der Waals surface area contributed by atoms with E-state index in [2.05, 4.69) is 20.9 Å². The van der Waals surface area contributed by atoms with Crippen molar-refractivity contribution in [2.75, 3.05) is 5.33 Å². The van der Waals surface area contributed by atoms with Crippen LogP contribution < -0.4 is 5.73 Å². The summed E-state index contributed by atoms with van der Waals surface area (Å²) in [4.78, 5) is 16.1. The quantitative estimate of drug-likeness (QED) is 0.652. The number of aromatic nitrogens is 1. The van der Waals surface area contributed by atoms with E-state index in [4.69, 9.17) is 5.73 Å². The molecule has 0 unspecified atom stereocenters. The molecule has 0 spiro atoms. The number of alkyl halides is 1. The molecule has 0 radical (unpaired) electrons. The molecule has 2 N–H and O–H groups in total. The van der Waals surface area contributed by atoms with Crippen molar-refractivity contribution in [3.05, 3.63) is 15.6 Å². The van der Waals surface area contributed by atoms with E-state index in [1.54, 1.807) is 0 Å². The molecule has 3 nitrogen and oxygen atoms in total. The molecule has 1 aromatic heterocycles. The summed E-state index contributed by atoms with van der Waals surface area (Å²) in [6.07, 6.45) is 0. The van der Waals surface area contributed by atoms with Crippen LogP contribution in [0.3, 0.4) is 0 Å². The van der Waals surface area contributed by atoms with E-state index in [-0.39, 0.29) is 5.78 Å². The number of hydrogen-bond acceptors (Lipinski definition) is 4. The molecule has 0 saturated heterocycles. The van der Waals surface area contributed by atoms with Gasteiger partial charge in [-0.05, 0) is 6.92 Å². The number of nitrogens with two attached hydrogens (primary N) is 1. The van der Waals surface area contributed by atoms with Crippen LogP contribution in [0.4, 0.5) is 0 Å². The molecule has 1 heterocycles. The Balaban J connectivity index is 2.99. The van der Waals surface area contributed by atoms with E-state index in [0.717, 1.165) is 10.7 Å². The van der Waals surface area contributed by atoms with Crippen molar-refractivity contribution < 1.29 is 4.79 Å². The second-order valence-electron chi connectivity index (χ2n) is 2.28. The summed E-state index contributed by atoms with van der Waals surface area (Å²) >= 11 is 4.49. The summed E-state index contributed by atoms with van der Waals surface area (Å²) < 4.78 is 0. The molecule has 0 aliphatic heterocycles. The Labute approximate surface area is 83.1 Å². The predicted molar refractivity (Wildman–Crippen MR) is 52.9 cm³/mol. The summed E-state index contributed by atoms with van der Waals surface area (Å²) in [5, 5.41) is 1.16.